The van der Waals surface area contributed by atoms with Gasteiger partial charge in [0, 0.05) is 0 Å². The monoisotopic (exact) mass is 298 g/mol. The van der Waals surface area contributed by atoms with Crippen molar-refractivity contribution >= 4 is 11.9 Å². The van der Waals surface area contributed by atoms with Crippen molar-refractivity contribution in [3.63, 3.8) is 0 Å². The molecule has 0 saturated heterocycles. The molecule has 0 aromatic heterocycles. The van der Waals surface area contributed by atoms with Crippen molar-refractivity contribution in [1.82, 2.24) is 0 Å². The average Bonchev–Trinajstić information content (AvgIpc) is 2.47. The Labute approximate surface area is 129 Å². The molecule has 0 aliphatic heterocycles. The molecule has 0 spiro atoms. The molecule has 1 aliphatic carbocycles. The van der Waals surface area contributed by atoms with Crippen molar-refractivity contribution in [2.45, 2.75) is 12.8 Å². The van der Waals surface area contributed by atoms with Crippen molar-refractivity contribution in [2.24, 2.45) is 11.8 Å². The summed E-state index contributed by atoms with van der Waals surface area (Å²) in [7, 11) is 0. The number of carboxylic acid groups (broad SMARTS) is 2. The van der Waals surface area contributed by atoms with Gasteiger partial charge in [0.1, 0.15) is 0 Å². The van der Waals surface area contributed by atoms with Crippen LogP contribution in [0.3, 0.4) is 0 Å². The summed E-state index contributed by atoms with van der Waals surface area (Å²) in [5, 5.41) is 16.7. The van der Waals surface area contributed by atoms with Gasteiger partial charge in [-0.15, -0.1) is 0 Å². The molecule has 1 saturated carbocycles. The van der Waals surface area contributed by atoms with E-state index in [1.54, 1.807) is 0 Å². The highest BCUT2D eigenvalue weighted by Gasteiger charge is 2.38. The Bertz CT molecular complexity index is 561. The fourth-order valence-corrected chi connectivity index (χ4v) is 2.28. The van der Waals surface area contributed by atoms with Gasteiger partial charge in [-0.2, -0.15) is 0 Å². The van der Waals surface area contributed by atoms with Crippen molar-refractivity contribution in [3.05, 3.63) is 60.7 Å². The summed E-state index contributed by atoms with van der Waals surface area (Å²) in [5.41, 5.74) is 2.55. The predicted octanol–water partition coefficient (Wildman–Crippen LogP) is 3.54. The molecule has 4 nitrogen and oxygen atoms in total. The molecule has 22 heavy (non-hydrogen) atoms. The second-order valence-corrected chi connectivity index (χ2v) is 5.27. The molecule has 3 rings (SSSR count). The minimum absolute atomic E-state index is 0.296. The fourth-order valence-electron chi connectivity index (χ4n) is 2.28. The van der Waals surface area contributed by atoms with Gasteiger partial charge in [0.15, 0.2) is 0 Å². The summed E-state index contributed by atoms with van der Waals surface area (Å²) in [6, 6.07) is 20.8. The highest BCUT2D eigenvalue weighted by Crippen LogP contribution is 2.33. The van der Waals surface area contributed by atoms with Crippen LogP contribution in [0.2, 0.25) is 0 Å². The van der Waals surface area contributed by atoms with E-state index in [4.69, 9.17) is 10.2 Å². The third kappa shape index (κ3) is 4.19. The first-order valence-electron chi connectivity index (χ1n) is 7.14. The smallest absolute Gasteiger partial charge is 0.306 e. The molecule has 2 aromatic carbocycles. The van der Waals surface area contributed by atoms with Gasteiger partial charge in [-0.05, 0) is 24.0 Å². The molecule has 0 unspecified atom stereocenters. The number of rotatable bonds is 3. The third-order valence-corrected chi connectivity index (χ3v) is 3.72. The Balaban J connectivity index is 0.000000164. The van der Waals surface area contributed by atoms with Gasteiger partial charge in [-0.1, -0.05) is 60.7 Å². The number of carboxylic acids is 2. The van der Waals surface area contributed by atoms with E-state index in [-0.39, 0.29) is 0 Å². The Kier molecular flexibility index (Phi) is 5.31. The summed E-state index contributed by atoms with van der Waals surface area (Å²) in [4.78, 5) is 20.3. The maximum atomic E-state index is 10.2. The molecule has 0 bridgehead atoms. The van der Waals surface area contributed by atoms with Crippen molar-refractivity contribution in [1.29, 1.82) is 0 Å². The van der Waals surface area contributed by atoms with E-state index in [9.17, 15) is 9.59 Å². The van der Waals surface area contributed by atoms with Gasteiger partial charge in [0.05, 0.1) is 11.8 Å². The molecule has 4 heteroatoms. The molecule has 114 valence electrons. The molecule has 1 fully saturated rings. The van der Waals surface area contributed by atoms with Crippen molar-refractivity contribution in [3.8, 4) is 11.1 Å². The number of benzene rings is 2. The summed E-state index contributed by atoms with van der Waals surface area (Å²) >= 11 is 0. The van der Waals surface area contributed by atoms with Crippen LogP contribution in [0.15, 0.2) is 60.7 Å². The van der Waals surface area contributed by atoms with E-state index in [0.717, 1.165) is 0 Å². The second kappa shape index (κ2) is 7.41. The maximum Gasteiger partial charge on any atom is 0.306 e. The van der Waals surface area contributed by atoms with Crippen molar-refractivity contribution < 1.29 is 19.8 Å². The summed E-state index contributed by atoms with van der Waals surface area (Å²) in [5.74, 6) is -2.59. The molecular formula is C18H18O4. The lowest BCUT2D eigenvalue weighted by Crippen LogP contribution is -2.34. The quantitative estimate of drug-likeness (QED) is 0.909. The topological polar surface area (TPSA) is 74.6 Å². The first-order chi connectivity index (χ1) is 10.6. The van der Waals surface area contributed by atoms with E-state index in [1.807, 2.05) is 12.1 Å². The van der Waals surface area contributed by atoms with E-state index in [2.05, 4.69) is 48.5 Å². The first-order valence-corrected chi connectivity index (χ1v) is 7.14. The highest BCUT2D eigenvalue weighted by atomic mass is 16.4. The van der Waals surface area contributed by atoms with E-state index in [1.165, 1.54) is 11.1 Å². The first kappa shape index (κ1) is 15.8. The molecular weight excluding hydrogens is 280 g/mol. The van der Waals surface area contributed by atoms with Gasteiger partial charge < -0.3 is 10.2 Å². The molecule has 0 atom stereocenters. The maximum absolute atomic E-state index is 10.2. The third-order valence-electron chi connectivity index (χ3n) is 3.72. The van der Waals surface area contributed by atoms with Gasteiger partial charge in [0.2, 0.25) is 0 Å². The summed E-state index contributed by atoms with van der Waals surface area (Å²) < 4.78 is 0. The van der Waals surface area contributed by atoms with E-state index >= 15 is 0 Å². The SMILES string of the molecule is O=C(O)C1CC(C(=O)O)C1.c1ccc(-c2ccccc2)cc1. The van der Waals surface area contributed by atoms with Crippen LogP contribution in [0.4, 0.5) is 0 Å². The summed E-state index contributed by atoms with van der Waals surface area (Å²) in [6.45, 7) is 0. The Morgan fingerprint density at radius 3 is 1.27 bits per heavy atom. The Morgan fingerprint density at radius 2 is 1.00 bits per heavy atom. The van der Waals surface area contributed by atoms with Gasteiger partial charge in [-0.3, -0.25) is 9.59 Å². The molecule has 2 N–H and O–H groups in total. The van der Waals surface area contributed by atoms with Crippen LogP contribution in [0.1, 0.15) is 12.8 Å². The van der Waals surface area contributed by atoms with Crippen LogP contribution in [0, 0.1) is 11.8 Å². The van der Waals surface area contributed by atoms with E-state index < -0.39 is 23.8 Å². The minimum Gasteiger partial charge on any atom is -0.481 e. The number of aliphatic carboxylic acids is 2. The van der Waals surface area contributed by atoms with Crippen LogP contribution in [0.25, 0.3) is 11.1 Å². The zero-order chi connectivity index (χ0) is 15.9. The predicted molar refractivity (Wildman–Crippen MR) is 83.4 cm³/mol. The molecule has 0 radical (unpaired) electrons. The van der Waals surface area contributed by atoms with Gasteiger partial charge in [0.25, 0.3) is 0 Å². The van der Waals surface area contributed by atoms with Crippen LogP contribution in [-0.4, -0.2) is 22.2 Å². The standard InChI is InChI=1S/C12H10.C6H8O4/c1-3-7-11(8-4-1)12-9-5-2-6-10-12;7-5(8)3-1-4(2-3)6(9)10/h1-10H;3-4H,1-2H2,(H,7,8)(H,9,10). The van der Waals surface area contributed by atoms with E-state index in [0.29, 0.717) is 12.8 Å². The number of hydrogen-bond donors (Lipinski definition) is 2. The zero-order valence-electron chi connectivity index (χ0n) is 12.1. The Morgan fingerprint density at radius 1 is 0.682 bits per heavy atom. The molecule has 1 aliphatic rings. The normalized spacial score (nSPS) is 19.3. The molecule has 0 amide bonds. The zero-order valence-corrected chi connectivity index (χ0v) is 12.1. The Hall–Kier alpha value is -2.62. The fraction of sp³-hybridized carbons (Fsp3) is 0.222. The van der Waals surface area contributed by atoms with Crippen LogP contribution in [0.5, 0.6) is 0 Å². The average molecular weight is 298 g/mol. The van der Waals surface area contributed by atoms with Gasteiger partial charge in [-0.25, -0.2) is 0 Å². The lowest BCUT2D eigenvalue weighted by atomic mass is 9.75. The highest BCUT2D eigenvalue weighted by molar-refractivity contribution is 5.77. The van der Waals surface area contributed by atoms with Gasteiger partial charge >= 0.3 is 11.9 Å². The van der Waals surface area contributed by atoms with Crippen LogP contribution >= 0.6 is 0 Å². The van der Waals surface area contributed by atoms with Crippen LogP contribution in [-0.2, 0) is 9.59 Å². The van der Waals surface area contributed by atoms with Crippen LogP contribution < -0.4 is 0 Å². The lowest BCUT2D eigenvalue weighted by Gasteiger charge is -2.28. The van der Waals surface area contributed by atoms with Crippen molar-refractivity contribution in [2.75, 3.05) is 0 Å². The summed E-state index contributed by atoms with van der Waals surface area (Å²) in [6.07, 6.45) is 0.593. The second-order valence-electron chi connectivity index (χ2n) is 5.27. The largest absolute Gasteiger partial charge is 0.481 e. The minimum atomic E-state index is -0.877. The molecule has 2 aromatic rings. The molecule has 0 heterocycles. The lowest BCUT2D eigenvalue weighted by molar-refractivity contribution is -0.154. The number of carbonyl (C=O) groups is 2. The number of hydrogen-bond acceptors (Lipinski definition) is 2.